The van der Waals surface area contributed by atoms with Crippen molar-refractivity contribution in [1.82, 2.24) is 0 Å². The molecule has 1 aromatic rings. The molecule has 0 spiro atoms. The van der Waals surface area contributed by atoms with Gasteiger partial charge in [-0.1, -0.05) is 18.2 Å². The van der Waals surface area contributed by atoms with E-state index in [-0.39, 0.29) is 6.42 Å². The molecule has 23 heavy (non-hydrogen) atoms. The summed E-state index contributed by atoms with van der Waals surface area (Å²) >= 11 is 0. The van der Waals surface area contributed by atoms with Gasteiger partial charge >= 0.3 is 12.4 Å². The highest BCUT2D eigenvalue weighted by molar-refractivity contribution is 5.81. The Bertz CT molecular complexity index is 611. The molecule has 0 radical (unpaired) electrons. The van der Waals surface area contributed by atoms with Crippen molar-refractivity contribution >= 4 is 5.78 Å². The monoisotopic (exact) mass is 338 g/mol. The fourth-order valence-electron chi connectivity index (χ4n) is 2.80. The van der Waals surface area contributed by atoms with E-state index >= 15 is 0 Å². The van der Waals surface area contributed by atoms with Crippen molar-refractivity contribution in [1.29, 1.82) is 0 Å². The first kappa shape index (κ1) is 17.4. The molecule has 0 atom stereocenters. The van der Waals surface area contributed by atoms with Crippen LogP contribution in [-0.4, -0.2) is 23.2 Å². The van der Waals surface area contributed by atoms with Crippen molar-refractivity contribution in [2.24, 2.45) is 0 Å². The number of ketones is 1. The molecule has 2 nitrogen and oxygen atoms in total. The Morgan fingerprint density at radius 1 is 0.870 bits per heavy atom. The van der Waals surface area contributed by atoms with Crippen molar-refractivity contribution in [3.63, 3.8) is 0 Å². The average Bonchev–Trinajstić information content (AvgIpc) is 2.40. The minimum Gasteiger partial charge on any atom is -0.508 e. The molecule has 0 saturated heterocycles. The fraction of sp³-hybridized carbons (Fsp3) is 0.400. The van der Waals surface area contributed by atoms with Crippen LogP contribution in [0.1, 0.15) is 24.8 Å². The summed E-state index contributed by atoms with van der Waals surface area (Å²) in [7, 11) is 0. The average molecular weight is 338 g/mol. The maximum atomic E-state index is 13.6. The number of phenolic OH excluding ortho intramolecular Hbond substituents is 1. The van der Waals surface area contributed by atoms with Gasteiger partial charge in [-0.15, -0.1) is 0 Å². The summed E-state index contributed by atoms with van der Waals surface area (Å²) in [5.74, 6) is -0.850. The number of alkyl halides is 6. The molecule has 0 saturated carbocycles. The minimum atomic E-state index is -5.64. The molecule has 2 rings (SSSR count). The summed E-state index contributed by atoms with van der Waals surface area (Å²) < 4.78 is 81.8. The zero-order valence-electron chi connectivity index (χ0n) is 11.6. The van der Waals surface area contributed by atoms with Crippen molar-refractivity contribution in [3.05, 3.63) is 41.5 Å². The third-order valence-corrected chi connectivity index (χ3v) is 3.88. The van der Waals surface area contributed by atoms with E-state index in [9.17, 15) is 31.1 Å². The highest BCUT2D eigenvalue weighted by Gasteiger charge is 2.73. The van der Waals surface area contributed by atoms with Gasteiger partial charge in [0.1, 0.15) is 11.5 Å². The number of rotatable bonds is 2. The smallest absolute Gasteiger partial charge is 0.410 e. The number of Topliss-reactive ketones (excluding diaryl/α,β-unsaturated/α-hetero) is 1. The second kappa shape index (κ2) is 5.58. The van der Waals surface area contributed by atoms with E-state index in [4.69, 9.17) is 5.11 Å². The summed E-state index contributed by atoms with van der Waals surface area (Å²) in [6.07, 6.45) is -12.0. The van der Waals surface area contributed by atoms with Crippen molar-refractivity contribution in [2.45, 2.75) is 37.0 Å². The molecule has 0 aliphatic heterocycles. The van der Waals surface area contributed by atoms with Gasteiger partial charge in [-0.2, -0.15) is 26.3 Å². The third-order valence-electron chi connectivity index (χ3n) is 3.88. The standard InChI is InChI=1S/C15H12F6O2/c16-14(17,18)13(15(19,20)21,9-1-5-11(22)6-2-9)10-3-7-12(23)8-4-10/h1-3,5-6,22H,4,7-8H2. The molecule has 1 N–H and O–H groups in total. The molecule has 1 aliphatic rings. The molecule has 1 aromatic carbocycles. The summed E-state index contributed by atoms with van der Waals surface area (Å²) in [4.78, 5) is 11.2. The number of hydrogen-bond donors (Lipinski definition) is 1. The molecule has 1 aliphatic carbocycles. The van der Waals surface area contributed by atoms with E-state index < -0.39 is 53.3 Å². The number of phenols is 1. The van der Waals surface area contributed by atoms with E-state index in [1.165, 1.54) is 0 Å². The number of carbonyl (C=O) groups is 1. The summed E-state index contributed by atoms with van der Waals surface area (Å²) in [6, 6.07) is 2.76. The van der Waals surface area contributed by atoms with Crippen LogP contribution < -0.4 is 0 Å². The molecule has 0 aromatic heterocycles. The van der Waals surface area contributed by atoms with E-state index in [1.807, 2.05) is 0 Å². The van der Waals surface area contributed by atoms with Crippen LogP contribution in [0.5, 0.6) is 5.75 Å². The first-order chi connectivity index (χ1) is 10.5. The van der Waals surface area contributed by atoms with Crippen molar-refractivity contribution in [2.75, 3.05) is 0 Å². The van der Waals surface area contributed by atoms with Gasteiger partial charge in [0.15, 0.2) is 0 Å². The normalized spacial score (nSPS) is 17.1. The summed E-state index contributed by atoms with van der Waals surface area (Å²) in [5, 5.41) is 9.15. The Hall–Kier alpha value is -1.99. The van der Waals surface area contributed by atoms with Crippen LogP contribution in [0.4, 0.5) is 26.3 Å². The Morgan fingerprint density at radius 2 is 1.39 bits per heavy atom. The van der Waals surface area contributed by atoms with Crippen LogP contribution >= 0.6 is 0 Å². The number of carbonyl (C=O) groups excluding carboxylic acids is 1. The quantitative estimate of drug-likeness (QED) is 0.640. The topological polar surface area (TPSA) is 37.3 Å². The number of hydrogen-bond acceptors (Lipinski definition) is 2. The van der Waals surface area contributed by atoms with Gasteiger partial charge in [-0.25, -0.2) is 0 Å². The number of halogens is 6. The molecular formula is C15H12F6O2. The van der Waals surface area contributed by atoms with E-state index in [0.29, 0.717) is 12.1 Å². The maximum absolute atomic E-state index is 13.6. The van der Waals surface area contributed by atoms with E-state index in [0.717, 1.165) is 18.2 Å². The van der Waals surface area contributed by atoms with Gasteiger partial charge in [0, 0.05) is 12.8 Å². The number of aromatic hydroxyl groups is 1. The van der Waals surface area contributed by atoms with Crippen molar-refractivity contribution in [3.8, 4) is 5.75 Å². The lowest BCUT2D eigenvalue weighted by atomic mass is 9.69. The number of allylic oxidation sites excluding steroid dienone is 2. The Kier molecular flexibility index (Phi) is 4.21. The second-order valence-electron chi connectivity index (χ2n) is 5.26. The SMILES string of the molecule is O=C1CC=C(C(c2ccc(O)cc2)(C(F)(F)F)C(F)(F)F)CC1. The first-order valence-corrected chi connectivity index (χ1v) is 6.64. The Labute approximate surface area is 127 Å². The van der Waals surface area contributed by atoms with Gasteiger partial charge in [-0.05, 0) is 29.7 Å². The highest BCUT2D eigenvalue weighted by Crippen LogP contribution is 2.58. The highest BCUT2D eigenvalue weighted by atomic mass is 19.4. The lowest BCUT2D eigenvalue weighted by Crippen LogP contribution is -2.55. The van der Waals surface area contributed by atoms with Crippen LogP contribution in [0.15, 0.2) is 35.9 Å². The largest absolute Gasteiger partial charge is 0.508 e. The first-order valence-electron chi connectivity index (χ1n) is 6.64. The second-order valence-corrected chi connectivity index (χ2v) is 5.26. The molecule has 0 heterocycles. The maximum Gasteiger partial charge on any atom is 0.410 e. The van der Waals surface area contributed by atoms with E-state index in [1.54, 1.807) is 0 Å². The van der Waals surface area contributed by atoms with Gasteiger partial charge in [-0.3, -0.25) is 4.79 Å². The molecule has 126 valence electrons. The van der Waals surface area contributed by atoms with Gasteiger partial charge in [0.2, 0.25) is 5.41 Å². The Morgan fingerprint density at radius 3 is 1.78 bits per heavy atom. The molecule has 0 fully saturated rings. The van der Waals surface area contributed by atoms with E-state index in [2.05, 4.69) is 0 Å². The zero-order valence-corrected chi connectivity index (χ0v) is 11.6. The molecule has 0 unspecified atom stereocenters. The summed E-state index contributed by atoms with van der Waals surface area (Å²) in [5.41, 5.74) is -6.10. The fourth-order valence-corrected chi connectivity index (χ4v) is 2.80. The predicted octanol–water partition coefficient (Wildman–Crippen LogP) is 4.43. The molecule has 8 heteroatoms. The minimum absolute atomic E-state index is 0.363. The predicted molar refractivity (Wildman–Crippen MR) is 68.8 cm³/mol. The lowest BCUT2D eigenvalue weighted by Gasteiger charge is -2.40. The van der Waals surface area contributed by atoms with Crippen LogP contribution in [-0.2, 0) is 10.2 Å². The van der Waals surface area contributed by atoms with Gasteiger partial charge in [0.05, 0.1) is 0 Å². The lowest BCUT2D eigenvalue weighted by molar-refractivity contribution is -0.290. The van der Waals surface area contributed by atoms with Crippen LogP contribution in [0.2, 0.25) is 0 Å². The van der Waals surface area contributed by atoms with Crippen molar-refractivity contribution < 1.29 is 36.2 Å². The summed E-state index contributed by atoms with van der Waals surface area (Å²) in [6.45, 7) is 0. The van der Waals surface area contributed by atoms with Gasteiger partial charge < -0.3 is 5.11 Å². The molecule has 0 bridgehead atoms. The zero-order chi connectivity index (χ0) is 17.5. The molecule has 0 amide bonds. The molecular weight excluding hydrogens is 326 g/mol. The third kappa shape index (κ3) is 2.82. The number of benzene rings is 1. The van der Waals surface area contributed by atoms with Crippen LogP contribution in [0.25, 0.3) is 0 Å². The van der Waals surface area contributed by atoms with Crippen LogP contribution in [0, 0.1) is 0 Å². The van der Waals surface area contributed by atoms with Gasteiger partial charge in [0.25, 0.3) is 0 Å². The van der Waals surface area contributed by atoms with Crippen LogP contribution in [0.3, 0.4) is 0 Å². The Balaban J connectivity index is 2.76.